The predicted molar refractivity (Wildman–Crippen MR) is 68.5 cm³/mol. The van der Waals surface area contributed by atoms with Gasteiger partial charge in [0, 0.05) is 12.1 Å². The van der Waals surface area contributed by atoms with Crippen molar-refractivity contribution in [3.63, 3.8) is 0 Å². The van der Waals surface area contributed by atoms with Crippen molar-refractivity contribution >= 4 is 5.69 Å². The van der Waals surface area contributed by atoms with Crippen molar-refractivity contribution in [1.29, 1.82) is 0 Å². The quantitative estimate of drug-likeness (QED) is 0.596. The lowest BCUT2D eigenvalue weighted by molar-refractivity contribution is -0.137. The summed E-state index contributed by atoms with van der Waals surface area (Å²) >= 11 is 0. The van der Waals surface area contributed by atoms with Crippen LogP contribution in [0.25, 0.3) is 0 Å². The Morgan fingerprint density at radius 3 is 2.43 bits per heavy atom. The van der Waals surface area contributed by atoms with Gasteiger partial charge in [-0.3, -0.25) is 0 Å². The first-order valence-electron chi connectivity index (χ1n) is 5.89. The summed E-state index contributed by atoms with van der Waals surface area (Å²) in [6, 6.07) is 6.17. The molecule has 0 heterocycles. The predicted octanol–water partition coefficient (Wildman–Crippen LogP) is 3.87. The second kappa shape index (κ2) is 5.51. The molecule has 0 bridgehead atoms. The van der Waals surface area contributed by atoms with Crippen LogP contribution in [0.15, 0.2) is 36.4 Å². The molecule has 0 aliphatic carbocycles. The first kappa shape index (κ1) is 15.0. The zero-order valence-corrected chi connectivity index (χ0v) is 10.6. The number of rotatable bonds is 3. The molecule has 0 radical (unpaired) electrons. The van der Waals surface area contributed by atoms with Gasteiger partial charge in [-0.1, -0.05) is 12.1 Å². The van der Waals surface area contributed by atoms with E-state index < -0.39 is 23.3 Å². The summed E-state index contributed by atoms with van der Waals surface area (Å²) in [6.45, 7) is -0.140. The van der Waals surface area contributed by atoms with E-state index in [4.69, 9.17) is 0 Å². The molecule has 7 heteroatoms. The van der Waals surface area contributed by atoms with Crippen molar-refractivity contribution < 1.29 is 27.8 Å². The maximum Gasteiger partial charge on any atom is 0.416 e. The lowest BCUT2D eigenvalue weighted by Crippen LogP contribution is -2.08. The van der Waals surface area contributed by atoms with Crippen LogP contribution in [0, 0.1) is 5.82 Å². The van der Waals surface area contributed by atoms with Crippen LogP contribution in [0.5, 0.6) is 11.5 Å². The molecule has 0 aromatic heterocycles. The highest BCUT2D eigenvalue weighted by atomic mass is 19.4. The Kier molecular flexibility index (Phi) is 3.93. The standard InChI is InChI=1S/C14H11F4NO2/c15-10-5-4-9(14(16,17)18)6-11(10)19-7-8-2-1-3-12(20)13(8)21/h1-6,19-21H,7H2. The lowest BCUT2D eigenvalue weighted by atomic mass is 10.1. The summed E-state index contributed by atoms with van der Waals surface area (Å²) in [6.07, 6.45) is -4.57. The van der Waals surface area contributed by atoms with E-state index in [2.05, 4.69) is 5.32 Å². The Hall–Kier alpha value is -2.44. The average Bonchev–Trinajstić information content (AvgIpc) is 2.40. The van der Waals surface area contributed by atoms with Crippen LogP contribution in [0.3, 0.4) is 0 Å². The minimum absolute atomic E-state index is 0.140. The molecule has 112 valence electrons. The highest BCUT2D eigenvalue weighted by Gasteiger charge is 2.31. The summed E-state index contributed by atoms with van der Waals surface area (Å²) in [4.78, 5) is 0. The Morgan fingerprint density at radius 1 is 1.05 bits per heavy atom. The van der Waals surface area contributed by atoms with Crippen LogP contribution in [-0.4, -0.2) is 10.2 Å². The third kappa shape index (κ3) is 3.36. The number of aromatic hydroxyl groups is 2. The van der Waals surface area contributed by atoms with E-state index in [-0.39, 0.29) is 23.5 Å². The van der Waals surface area contributed by atoms with Gasteiger partial charge in [0.05, 0.1) is 11.3 Å². The van der Waals surface area contributed by atoms with Crippen LogP contribution in [-0.2, 0) is 12.7 Å². The molecule has 0 unspecified atom stereocenters. The van der Waals surface area contributed by atoms with Crippen LogP contribution in [0.1, 0.15) is 11.1 Å². The molecule has 3 N–H and O–H groups in total. The lowest BCUT2D eigenvalue weighted by Gasteiger charge is -2.12. The van der Waals surface area contributed by atoms with Gasteiger partial charge in [-0.25, -0.2) is 4.39 Å². The van der Waals surface area contributed by atoms with Crippen molar-refractivity contribution in [2.75, 3.05) is 5.32 Å². The van der Waals surface area contributed by atoms with Crippen LogP contribution in [0.2, 0.25) is 0 Å². The number of hydrogen-bond donors (Lipinski definition) is 3. The number of benzene rings is 2. The van der Waals surface area contributed by atoms with E-state index in [1.54, 1.807) is 0 Å². The summed E-state index contributed by atoms with van der Waals surface area (Å²) in [5.74, 6) is -1.61. The second-order valence-corrected chi connectivity index (χ2v) is 4.33. The Bertz CT molecular complexity index is 656. The van der Waals surface area contributed by atoms with Crippen molar-refractivity contribution in [3.8, 4) is 11.5 Å². The van der Waals surface area contributed by atoms with Crippen molar-refractivity contribution in [2.45, 2.75) is 12.7 Å². The first-order valence-corrected chi connectivity index (χ1v) is 5.89. The molecule has 2 aromatic carbocycles. The van der Waals surface area contributed by atoms with Gasteiger partial charge in [-0.15, -0.1) is 0 Å². The molecular formula is C14H11F4NO2. The molecule has 0 amide bonds. The minimum Gasteiger partial charge on any atom is -0.504 e. The summed E-state index contributed by atoms with van der Waals surface area (Å²) in [5.41, 5.74) is -1.09. The normalized spacial score (nSPS) is 11.4. The summed E-state index contributed by atoms with van der Waals surface area (Å²) < 4.78 is 51.2. The molecule has 2 rings (SSSR count). The van der Waals surface area contributed by atoms with Gasteiger partial charge in [-0.05, 0) is 24.3 Å². The second-order valence-electron chi connectivity index (χ2n) is 4.33. The van der Waals surface area contributed by atoms with Crippen molar-refractivity contribution in [3.05, 3.63) is 53.3 Å². The number of para-hydroxylation sites is 1. The number of phenolic OH excluding ortho intramolecular Hbond substituents is 2. The fourth-order valence-corrected chi connectivity index (χ4v) is 1.75. The van der Waals surface area contributed by atoms with Gasteiger partial charge in [-0.2, -0.15) is 13.2 Å². The number of anilines is 1. The molecule has 0 saturated carbocycles. The first-order chi connectivity index (χ1) is 9.79. The van der Waals surface area contributed by atoms with E-state index in [1.165, 1.54) is 18.2 Å². The van der Waals surface area contributed by atoms with E-state index >= 15 is 0 Å². The summed E-state index contributed by atoms with van der Waals surface area (Å²) in [7, 11) is 0. The maximum absolute atomic E-state index is 13.5. The average molecular weight is 301 g/mol. The SMILES string of the molecule is Oc1cccc(CNc2cc(C(F)(F)F)ccc2F)c1O. The van der Waals surface area contributed by atoms with Crippen LogP contribution >= 0.6 is 0 Å². The monoisotopic (exact) mass is 301 g/mol. The molecule has 2 aromatic rings. The van der Waals surface area contributed by atoms with E-state index in [9.17, 15) is 27.8 Å². The molecule has 0 spiro atoms. The fourth-order valence-electron chi connectivity index (χ4n) is 1.75. The van der Waals surface area contributed by atoms with E-state index in [0.717, 1.165) is 0 Å². The topological polar surface area (TPSA) is 52.5 Å². The van der Waals surface area contributed by atoms with Gasteiger partial charge in [0.25, 0.3) is 0 Å². The number of alkyl halides is 3. The van der Waals surface area contributed by atoms with Crippen LogP contribution in [0.4, 0.5) is 23.2 Å². The van der Waals surface area contributed by atoms with Crippen molar-refractivity contribution in [1.82, 2.24) is 0 Å². The Labute approximate surface area is 117 Å². The Balaban J connectivity index is 2.22. The zero-order chi connectivity index (χ0) is 15.6. The highest BCUT2D eigenvalue weighted by Crippen LogP contribution is 2.33. The highest BCUT2D eigenvalue weighted by molar-refractivity contribution is 5.51. The van der Waals surface area contributed by atoms with Crippen molar-refractivity contribution in [2.24, 2.45) is 0 Å². The molecule has 3 nitrogen and oxygen atoms in total. The van der Waals surface area contributed by atoms with Gasteiger partial charge in [0.15, 0.2) is 11.5 Å². The number of nitrogens with one attached hydrogen (secondary N) is 1. The van der Waals surface area contributed by atoms with Gasteiger partial charge in [0.1, 0.15) is 5.82 Å². The number of halogens is 4. The Morgan fingerprint density at radius 2 is 1.76 bits per heavy atom. The molecule has 0 saturated heterocycles. The number of phenols is 2. The van der Waals surface area contributed by atoms with Gasteiger partial charge >= 0.3 is 6.18 Å². The molecule has 0 aliphatic rings. The zero-order valence-electron chi connectivity index (χ0n) is 10.6. The molecule has 21 heavy (non-hydrogen) atoms. The number of hydrogen-bond acceptors (Lipinski definition) is 3. The largest absolute Gasteiger partial charge is 0.504 e. The van der Waals surface area contributed by atoms with Gasteiger partial charge < -0.3 is 15.5 Å². The minimum atomic E-state index is -4.57. The maximum atomic E-state index is 13.5. The van der Waals surface area contributed by atoms with Gasteiger partial charge in [0.2, 0.25) is 0 Å². The van der Waals surface area contributed by atoms with E-state index in [0.29, 0.717) is 18.2 Å². The smallest absolute Gasteiger partial charge is 0.416 e. The fraction of sp³-hybridized carbons (Fsp3) is 0.143. The van der Waals surface area contributed by atoms with Crippen LogP contribution < -0.4 is 5.32 Å². The van der Waals surface area contributed by atoms with E-state index in [1.807, 2.05) is 0 Å². The molecule has 0 atom stereocenters. The molecule has 0 fully saturated rings. The molecule has 0 aliphatic heterocycles. The molecular weight excluding hydrogens is 290 g/mol. The third-order valence-corrected chi connectivity index (χ3v) is 2.86. The third-order valence-electron chi connectivity index (χ3n) is 2.86. The summed E-state index contributed by atoms with van der Waals surface area (Å²) in [5, 5.41) is 21.3.